The predicted octanol–water partition coefficient (Wildman–Crippen LogP) is 2.25. The highest BCUT2D eigenvalue weighted by Crippen LogP contribution is 2.11. The lowest BCUT2D eigenvalue weighted by Crippen LogP contribution is -2.36. The lowest BCUT2D eigenvalue weighted by Gasteiger charge is -2.08. The maximum Gasteiger partial charge on any atom is 0.315 e. The van der Waals surface area contributed by atoms with Crippen LogP contribution in [0.5, 0.6) is 0 Å². The second kappa shape index (κ2) is 8.26. The lowest BCUT2D eigenvalue weighted by atomic mass is 10.2. The van der Waals surface area contributed by atoms with E-state index in [4.69, 9.17) is 0 Å². The number of hydrogen-bond donors (Lipinski definition) is 2. The molecule has 2 amide bonds. The maximum atomic E-state index is 12.1. The van der Waals surface area contributed by atoms with E-state index in [0.717, 1.165) is 22.3 Å². The number of nitrogens with one attached hydrogen (secondary N) is 2. The molecule has 0 atom stereocenters. The summed E-state index contributed by atoms with van der Waals surface area (Å²) in [6, 6.07) is 21.2. The third-order valence-electron chi connectivity index (χ3n) is 4.26. The van der Waals surface area contributed by atoms with E-state index in [9.17, 15) is 4.79 Å². The highest BCUT2D eigenvalue weighted by atomic mass is 16.2. The van der Waals surface area contributed by atoms with E-state index in [-0.39, 0.29) is 12.6 Å². The fraction of sp³-hybridized carbons (Fsp3) is 0.150. The molecule has 2 heterocycles. The van der Waals surface area contributed by atoms with Crippen LogP contribution in [0.4, 0.5) is 4.79 Å². The Morgan fingerprint density at radius 1 is 0.929 bits per heavy atom. The number of carbonyl (C=O) groups excluding carboxylic acids is 1. The van der Waals surface area contributed by atoms with Crippen molar-refractivity contribution in [3.8, 4) is 5.69 Å². The first-order valence-electron chi connectivity index (χ1n) is 8.99. The first-order chi connectivity index (χ1) is 13.8. The number of hydrogen-bond acceptors (Lipinski definition) is 5. The Hall–Kier alpha value is -3.81. The standard InChI is InChI=1S/C20H19N7O/c28-20(21-13-12-16-11-10-15-6-4-5-9-18(15)23-16)22-14-19-24-25-26-27(19)17-7-2-1-3-8-17/h1-11H,12-14H2,(H2,21,22,28). The van der Waals surface area contributed by atoms with Gasteiger partial charge < -0.3 is 10.6 Å². The summed E-state index contributed by atoms with van der Waals surface area (Å²) in [6.07, 6.45) is 0.653. The molecule has 0 aliphatic carbocycles. The van der Waals surface area contributed by atoms with Crippen LogP contribution in [0.15, 0.2) is 66.7 Å². The fourth-order valence-electron chi connectivity index (χ4n) is 2.86. The monoisotopic (exact) mass is 373 g/mol. The van der Waals surface area contributed by atoms with Crippen LogP contribution in [0.1, 0.15) is 11.5 Å². The summed E-state index contributed by atoms with van der Waals surface area (Å²) in [6.45, 7) is 0.711. The number of carbonyl (C=O) groups is 1. The molecule has 0 aliphatic heterocycles. The summed E-state index contributed by atoms with van der Waals surface area (Å²) in [5.41, 5.74) is 2.73. The molecule has 2 aromatic heterocycles. The number of benzene rings is 2. The molecule has 0 saturated carbocycles. The van der Waals surface area contributed by atoms with Gasteiger partial charge in [0.05, 0.1) is 17.7 Å². The zero-order valence-electron chi connectivity index (χ0n) is 15.1. The van der Waals surface area contributed by atoms with Crippen molar-refractivity contribution < 1.29 is 4.79 Å². The number of nitrogens with zero attached hydrogens (tertiary/aromatic N) is 5. The van der Waals surface area contributed by atoms with Crippen LogP contribution in [-0.4, -0.2) is 37.8 Å². The molecule has 0 saturated heterocycles. The zero-order chi connectivity index (χ0) is 19.2. The number of amides is 2. The SMILES string of the molecule is O=C(NCCc1ccc2ccccc2n1)NCc1nnnn1-c1ccccc1. The Balaban J connectivity index is 1.28. The Morgan fingerprint density at radius 3 is 2.64 bits per heavy atom. The average molecular weight is 373 g/mol. The Kier molecular flexibility index (Phi) is 5.19. The van der Waals surface area contributed by atoms with Crippen LogP contribution in [0, 0.1) is 0 Å². The normalized spacial score (nSPS) is 10.7. The number of rotatable bonds is 6. The summed E-state index contributed by atoms with van der Waals surface area (Å²) in [5.74, 6) is 0.553. The van der Waals surface area contributed by atoms with Gasteiger partial charge in [0.1, 0.15) is 0 Å². The van der Waals surface area contributed by atoms with Crippen LogP contribution < -0.4 is 10.6 Å². The van der Waals surface area contributed by atoms with Crippen molar-refractivity contribution in [2.75, 3.05) is 6.54 Å². The highest BCUT2D eigenvalue weighted by Gasteiger charge is 2.09. The van der Waals surface area contributed by atoms with Gasteiger partial charge in [-0.2, -0.15) is 4.68 Å². The molecule has 28 heavy (non-hydrogen) atoms. The number of para-hydroxylation sites is 2. The van der Waals surface area contributed by atoms with E-state index in [1.807, 2.05) is 66.7 Å². The van der Waals surface area contributed by atoms with Crippen LogP contribution >= 0.6 is 0 Å². The second-order valence-corrected chi connectivity index (χ2v) is 6.20. The van der Waals surface area contributed by atoms with Gasteiger partial charge in [-0.3, -0.25) is 4.98 Å². The van der Waals surface area contributed by atoms with Gasteiger partial charge in [0.25, 0.3) is 0 Å². The summed E-state index contributed by atoms with van der Waals surface area (Å²) >= 11 is 0. The van der Waals surface area contributed by atoms with Crippen molar-refractivity contribution in [1.82, 2.24) is 35.8 Å². The summed E-state index contributed by atoms with van der Waals surface area (Å²) < 4.78 is 1.60. The number of pyridine rings is 1. The average Bonchev–Trinajstić information content (AvgIpc) is 3.21. The quantitative estimate of drug-likeness (QED) is 0.540. The van der Waals surface area contributed by atoms with Gasteiger partial charge in [-0.1, -0.05) is 42.5 Å². The van der Waals surface area contributed by atoms with Gasteiger partial charge in [0.15, 0.2) is 5.82 Å². The molecule has 4 aromatic rings. The number of urea groups is 1. The number of aromatic nitrogens is 5. The molecule has 0 fully saturated rings. The lowest BCUT2D eigenvalue weighted by molar-refractivity contribution is 0.240. The van der Waals surface area contributed by atoms with Crippen molar-refractivity contribution in [3.05, 3.63) is 78.2 Å². The minimum atomic E-state index is -0.275. The van der Waals surface area contributed by atoms with E-state index in [1.54, 1.807) is 4.68 Å². The first-order valence-corrected chi connectivity index (χ1v) is 8.99. The van der Waals surface area contributed by atoms with Crippen LogP contribution in [0.2, 0.25) is 0 Å². The molecule has 2 N–H and O–H groups in total. The summed E-state index contributed by atoms with van der Waals surface area (Å²) in [7, 11) is 0. The molecule has 140 valence electrons. The van der Waals surface area contributed by atoms with Gasteiger partial charge >= 0.3 is 6.03 Å². The molecule has 8 heteroatoms. The predicted molar refractivity (Wildman–Crippen MR) is 105 cm³/mol. The third kappa shape index (κ3) is 4.12. The topological polar surface area (TPSA) is 97.6 Å². The molecule has 8 nitrogen and oxygen atoms in total. The van der Waals surface area contributed by atoms with Crippen molar-refractivity contribution in [3.63, 3.8) is 0 Å². The largest absolute Gasteiger partial charge is 0.338 e. The van der Waals surface area contributed by atoms with Crippen LogP contribution in [0.25, 0.3) is 16.6 Å². The maximum absolute atomic E-state index is 12.1. The Morgan fingerprint density at radius 2 is 1.75 bits per heavy atom. The van der Waals surface area contributed by atoms with Crippen LogP contribution in [0.3, 0.4) is 0 Å². The molecular weight excluding hydrogens is 354 g/mol. The van der Waals surface area contributed by atoms with Crippen molar-refractivity contribution >= 4 is 16.9 Å². The minimum Gasteiger partial charge on any atom is -0.338 e. The second-order valence-electron chi connectivity index (χ2n) is 6.20. The van der Waals surface area contributed by atoms with Gasteiger partial charge in [-0.15, -0.1) is 5.10 Å². The van der Waals surface area contributed by atoms with Gasteiger partial charge in [-0.25, -0.2) is 4.79 Å². The fourth-order valence-corrected chi connectivity index (χ4v) is 2.86. The molecule has 0 spiro atoms. The summed E-state index contributed by atoms with van der Waals surface area (Å²) in [4.78, 5) is 16.7. The smallest absolute Gasteiger partial charge is 0.315 e. The van der Waals surface area contributed by atoms with Gasteiger partial charge in [-0.05, 0) is 34.7 Å². The van der Waals surface area contributed by atoms with E-state index in [1.165, 1.54) is 0 Å². The molecule has 2 aromatic carbocycles. The third-order valence-corrected chi connectivity index (χ3v) is 4.26. The molecular formula is C20H19N7O. The van der Waals surface area contributed by atoms with E-state index in [2.05, 4.69) is 31.1 Å². The van der Waals surface area contributed by atoms with E-state index >= 15 is 0 Å². The van der Waals surface area contributed by atoms with Crippen LogP contribution in [-0.2, 0) is 13.0 Å². The van der Waals surface area contributed by atoms with E-state index in [0.29, 0.717) is 18.8 Å². The molecule has 0 aliphatic rings. The molecule has 0 bridgehead atoms. The summed E-state index contributed by atoms with van der Waals surface area (Å²) in [5, 5.41) is 18.3. The van der Waals surface area contributed by atoms with Crippen molar-refractivity contribution in [1.29, 1.82) is 0 Å². The Labute approximate surface area is 161 Å². The van der Waals surface area contributed by atoms with Gasteiger partial charge in [0, 0.05) is 24.0 Å². The minimum absolute atomic E-state index is 0.224. The Bertz CT molecular complexity index is 1080. The number of fused-ring (bicyclic) bond motifs is 1. The molecule has 0 radical (unpaired) electrons. The van der Waals surface area contributed by atoms with Crippen molar-refractivity contribution in [2.45, 2.75) is 13.0 Å². The molecule has 4 rings (SSSR count). The van der Waals surface area contributed by atoms with Gasteiger partial charge in [0.2, 0.25) is 0 Å². The van der Waals surface area contributed by atoms with Crippen molar-refractivity contribution in [2.24, 2.45) is 0 Å². The highest BCUT2D eigenvalue weighted by molar-refractivity contribution is 5.78. The first kappa shape index (κ1) is 17.6. The van der Waals surface area contributed by atoms with E-state index < -0.39 is 0 Å². The zero-order valence-corrected chi connectivity index (χ0v) is 15.1. The molecule has 0 unspecified atom stereocenters. The number of tetrazole rings is 1.